The summed E-state index contributed by atoms with van der Waals surface area (Å²) in [7, 11) is 0. The molecule has 5 heteroatoms. The second-order valence-corrected chi connectivity index (χ2v) is 7.13. The van der Waals surface area contributed by atoms with Gasteiger partial charge in [-0.25, -0.2) is 4.98 Å². The van der Waals surface area contributed by atoms with Crippen molar-refractivity contribution < 1.29 is 9.84 Å². The number of nitrogens with zero attached hydrogens (tertiary/aromatic N) is 1. The Kier molecular flexibility index (Phi) is 2.79. The van der Waals surface area contributed by atoms with Crippen molar-refractivity contribution in [3.05, 3.63) is 58.3 Å². The van der Waals surface area contributed by atoms with E-state index in [1.807, 2.05) is 56.3 Å². The van der Waals surface area contributed by atoms with Crippen LogP contribution in [0.2, 0.25) is 0 Å². The molecule has 26 heavy (non-hydrogen) atoms. The minimum Gasteiger partial charge on any atom is -0.507 e. The number of aromatic amines is 1. The van der Waals surface area contributed by atoms with Gasteiger partial charge >= 0.3 is 0 Å². The molecule has 2 aromatic carbocycles. The number of H-pyrrole nitrogens is 1. The van der Waals surface area contributed by atoms with Crippen LogP contribution in [0.25, 0.3) is 38.9 Å². The lowest BCUT2D eigenvalue weighted by Gasteiger charge is -2.28. The predicted octanol–water partition coefficient (Wildman–Crippen LogP) is 4.12. The van der Waals surface area contributed by atoms with Crippen LogP contribution in [0.5, 0.6) is 11.5 Å². The molecule has 1 aliphatic heterocycles. The molecule has 0 aliphatic carbocycles. The zero-order chi connectivity index (χ0) is 18.1. The van der Waals surface area contributed by atoms with Crippen molar-refractivity contribution in [2.24, 2.45) is 0 Å². The molecule has 2 N–H and O–H groups in total. The summed E-state index contributed by atoms with van der Waals surface area (Å²) in [5.41, 5.74) is 2.23. The van der Waals surface area contributed by atoms with Crippen LogP contribution in [0.3, 0.4) is 0 Å². The van der Waals surface area contributed by atoms with Crippen molar-refractivity contribution in [3.63, 3.8) is 0 Å². The second kappa shape index (κ2) is 4.85. The number of aromatic nitrogens is 2. The SMILES string of the molecule is CC1(C)C=Cc2c(cc(O)c3c(=O)c4nc5ccccc5cc4[nH]c23)O1. The Balaban J connectivity index is 1.95. The number of pyridine rings is 2. The van der Waals surface area contributed by atoms with Crippen molar-refractivity contribution in [1.29, 1.82) is 0 Å². The fourth-order valence-corrected chi connectivity index (χ4v) is 3.51. The van der Waals surface area contributed by atoms with E-state index in [0.717, 1.165) is 16.5 Å². The van der Waals surface area contributed by atoms with E-state index in [2.05, 4.69) is 9.97 Å². The summed E-state index contributed by atoms with van der Waals surface area (Å²) >= 11 is 0. The van der Waals surface area contributed by atoms with Gasteiger partial charge in [0.25, 0.3) is 0 Å². The number of hydrogen-bond acceptors (Lipinski definition) is 4. The highest BCUT2D eigenvalue weighted by Gasteiger charge is 2.25. The molecule has 5 rings (SSSR count). The molecule has 2 aromatic heterocycles. The summed E-state index contributed by atoms with van der Waals surface area (Å²) in [6, 6.07) is 11.0. The zero-order valence-electron chi connectivity index (χ0n) is 14.3. The van der Waals surface area contributed by atoms with Gasteiger partial charge in [0.05, 0.1) is 21.9 Å². The second-order valence-electron chi connectivity index (χ2n) is 7.13. The van der Waals surface area contributed by atoms with Gasteiger partial charge in [0.2, 0.25) is 5.43 Å². The van der Waals surface area contributed by atoms with Crippen LogP contribution in [-0.4, -0.2) is 20.7 Å². The number of aromatic hydroxyl groups is 1. The van der Waals surface area contributed by atoms with Crippen LogP contribution in [0.1, 0.15) is 19.4 Å². The molecule has 0 atom stereocenters. The fourth-order valence-electron chi connectivity index (χ4n) is 3.51. The van der Waals surface area contributed by atoms with E-state index in [4.69, 9.17) is 4.74 Å². The number of rotatable bonds is 0. The molecule has 3 heterocycles. The highest BCUT2D eigenvalue weighted by molar-refractivity contribution is 6.02. The molecule has 5 nitrogen and oxygen atoms in total. The molecule has 0 amide bonds. The first kappa shape index (κ1) is 15.0. The molecule has 0 spiro atoms. The first-order chi connectivity index (χ1) is 12.4. The Labute approximate surface area is 148 Å². The lowest BCUT2D eigenvalue weighted by molar-refractivity contribution is 0.159. The lowest BCUT2D eigenvalue weighted by atomic mass is 9.99. The zero-order valence-corrected chi connectivity index (χ0v) is 14.3. The number of nitrogens with one attached hydrogen (secondary N) is 1. The van der Waals surface area contributed by atoms with Crippen LogP contribution < -0.4 is 10.2 Å². The summed E-state index contributed by atoms with van der Waals surface area (Å²) in [4.78, 5) is 20.8. The molecular weight excluding hydrogens is 328 g/mol. The number of hydrogen-bond donors (Lipinski definition) is 2. The molecule has 0 saturated carbocycles. The van der Waals surface area contributed by atoms with Gasteiger partial charge in [-0.2, -0.15) is 0 Å². The van der Waals surface area contributed by atoms with E-state index in [1.54, 1.807) is 0 Å². The first-order valence-electron chi connectivity index (χ1n) is 8.43. The van der Waals surface area contributed by atoms with Crippen molar-refractivity contribution >= 4 is 38.9 Å². The number of phenolic OH excluding ortho intramolecular Hbond substituents is 1. The van der Waals surface area contributed by atoms with E-state index >= 15 is 0 Å². The van der Waals surface area contributed by atoms with Gasteiger partial charge in [0.15, 0.2) is 0 Å². The summed E-state index contributed by atoms with van der Waals surface area (Å²) in [6.07, 6.45) is 3.86. The van der Waals surface area contributed by atoms with Gasteiger partial charge in [-0.3, -0.25) is 4.79 Å². The van der Waals surface area contributed by atoms with E-state index in [9.17, 15) is 9.90 Å². The topological polar surface area (TPSA) is 75.2 Å². The minimum absolute atomic E-state index is 0.108. The largest absolute Gasteiger partial charge is 0.507 e. The van der Waals surface area contributed by atoms with Crippen molar-refractivity contribution in [2.45, 2.75) is 19.4 Å². The Hall–Kier alpha value is -3.34. The summed E-state index contributed by atoms with van der Waals surface area (Å²) in [5.74, 6) is 0.439. The van der Waals surface area contributed by atoms with E-state index in [1.165, 1.54) is 6.07 Å². The summed E-state index contributed by atoms with van der Waals surface area (Å²) in [5, 5.41) is 11.7. The smallest absolute Gasteiger partial charge is 0.219 e. The van der Waals surface area contributed by atoms with Crippen LogP contribution in [0.4, 0.5) is 0 Å². The van der Waals surface area contributed by atoms with Crippen LogP contribution >= 0.6 is 0 Å². The Morgan fingerprint density at radius 1 is 1.19 bits per heavy atom. The summed E-state index contributed by atoms with van der Waals surface area (Å²) < 4.78 is 5.95. The Morgan fingerprint density at radius 3 is 2.85 bits per heavy atom. The predicted molar refractivity (Wildman–Crippen MR) is 103 cm³/mol. The van der Waals surface area contributed by atoms with E-state index in [0.29, 0.717) is 22.3 Å². The summed E-state index contributed by atoms with van der Waals surface area (Å²) in [6.45, 7) is 3.87. The third-order valence-corrected chi connectivity index (χ3v) is 4.76. The normalized spacial score (nSPS) is 15.3. The number of ether oxygens (including phenoxy) is 1. The maximum absolute atomic E-state index is 13.1. The molecule has 4 aromatic rings. The molecule has 0 fully saturated rings. The Morgan fingerprint density at radius 2 is 2.00 bits per heavy atom. The molecule has 0 saturated heterocycles. The molecular formula is C21H16N2O3. The van der Waals surface area contributed by atoms with Gasteiger partial charge in [0, 0.05) is 17.0 Å². The van der Waals surface area contributed by atoms with Gasteiger partial charge in [-0.1, -0.05) is 18.2 Å². The third-order valence-electron chi connectivity index (χ3n) is 4.76. The highest BCUT2D eigenvalue weighted by Crippen LogP contribution is 2.39. The standard InChI is InChI=1S/C21H16N2O3/c1-21(2)8-7-12-16(26-21)10-15(24)17-18(12)23-14-9-11-5-3-4-6-13(11)22-19(14)20(17)25/h3-10,24H,1-2H3,(H,23,25). The van der Waals surface area contributed by atoms with Gasteiger partial charge in [-0.05, 0) is 38.1 Å². The van der Waals surface area contributed by atoms with Gasteiger partial charge in [-0.15, -0.1) is 0 Å². The number of benzene rings is 2. The highest BCUT2D eigenvalue weighted by atomic mass is 16.5. The van der Waals surface area contributed by atoms with Crippen molar-refractivity contribution in [1.82, 2.24) is 9.97 Å². The van der Waals surface area contributed by atoms with Crippen LogP contribution in [0, 0.1) is 0 Å². The molecule has 0 bridgehead atoms. The van der Waals surface area contributed by atoms with Crippen LogP contribution in [-0.2, 0) is 0 Å². The first-order valence-corrected chi connectivity index (χ1v) is 8.43. The lowest BCUT2D eigenvalue weighted by Crippen LogP contribution is -2.27. The average Bonchev–Trinajstić information content (AvgIpc) is 2.59. The van der Waals surface area contributed by atoms with Crippen molar-refractivity contribution in [3.8, 4) is 11.5 Å². The molecule has 128 valence electrons. The quantitative estimate of drug-likeness (QED) is 0.471. The molecule has 0 unspecified atom stereocenters. The maximum Gasteiger partial charge on any atom is 0.219 e. The minimum atomic E-state index is -0.470. The molecule has 0 radical (unpaired) electrons. The molecule has 1 aliphatic rings. The number of para-hydroxylation sites is 1. The van der Waals surface area contributed by atoms with E-state index < -0.39 is 5.60 Å². The van der Waals surface area contributed by atoms with E-state index in [-0.39, 0.29) is 16.6 Å². The Bertz CT molecular complexity index is 1320. The maximum atomic E-state index is 13.1. The third kappa shape index (κ3) is 2.03. The average molecular weight is 344 g/mol. The van der Waals surface area contributed by atoms with Gasteiger partial charge < -0.3 is 14.8 Å². The fraction of sp³-hybridized carbons (Fsp3) is 0.143. The number of fused-ring (bicyclic) bond motifs is 5. The van der Waals surface area contributed by atoms with Crippen LogP contribution in [0.15, 0.2) is 47.3 Å². The number of phenols is 1. The monoisotopic (exact) mass is 344 g/mol. The van der Waals surface area contributed by atoms with Gasteiger partial charge in [0.1, 0.15) is 22.6 Å². The van der Waals surface area contributed by atoms with Crippen molar-refractivity contribution in [2.75, 3.05) is 0 Å².